The van der Waals surface area contributed by atoms with Crippen molar-refractivity contribution in [2.75, 3.05) is 32.8 Å². The third-order valence-electron chi connectivity index (χ3n) is 3.84. The first-order valence-corrected chi connectivity index (χ1v) is 5.93. The van der Waals surface area contributed by atoms with Crippen LogP contribution in [-0.2, 0) is 9.53 Å². The SMILES string of the molecule is Cl.O=C(C1CNC1)N1CC2(CCCCO2)C1. The van der Waals surface area contributed by atoms with Crippen LogP contribution in [-0.4, -0.2) is 49.2 Å². The molecule has 1 spiro atoms. The first kappa shape index (κ1) is 12.1. The molecular formula is C11H19ClN2O2. The van der Waals surface area contributed by atoms with E-state index in [4.69, 9.17) is 4.74 Å². The van der Waals surface area contributed by atoms with Crippen molar-refractivity contribution >= 4 is 18.3 Å². The Morgan fingerprint density at radius 1 is 1.31 bits per heavy atom. The minimum atomic E-state index is 0. The first-order valence-electron chi connectivity index (χ1n) is 5.93. The van der Waals surface area contributed by atoms with Gasteiger partial charge in [0.15, 0.2) is 0 Å². The van der Waals surface area contributed by atoms with Gasteiger partial charge in [-0.2, -0.15) is 0 Å². The van der Waals surface area contributed by atoms with Gasteiger partial charge >= 0.3 is 0 Å². The van der Waals surface area contributed by atoms with Crippen LogP contribution in [0.5, 0.6) is 0 Å². The third-order valence-corrected chi connectivity index (χ3v) is 3.84. The van der Waals surface area contributed by atoms with Crippen molar-refractivity contribution in [2.45, 2.75) is 24.9 Å². The summed E-state index contributed by atoms with van der Waals surface area (Å²) in [5.74, 6) is 0.569. The zero-order valence-electron chi connectivity index (χ0n) is 9.41. The number of halogens is 1. The smallest absolute Gasteiger partial charge is 0.228 e. The minimum absolute atomic E-state index is 0. The van der Waals surface area contributed by atoms with E-state index >= 15 is 0 Å². The van der Waals surface area contributed by atoms with Gasteiger partial charge in [0.1, 0.15) is 5.60 Å². The molecule has 92 valence electrons. The van der Waals surface area contributed by atoms with E-state index in [-0.39, 0.29) is 23.9 Å². The number of amides is 1. The summed E-state index contributed by atoms with van der Waals surface area (Å²) in [4.78, 5) is 13.8. The topological polar surface area (TPSA) is 41.6 Å². The highest BCUT2D eigenvalue weighted by atomic mass is 35.5. The van der Waals surface area contributed by atoms with E-state index in [1.807, 2.05) is 4.90 Å². The van der Waals surface area contributed by atoms with Gasteiger partial charge in [0.25, 0.3) is 0 Å². The number of rotatable bonds is 1. The molecule has 0 aliphatic carbocycles. The number of carbonyl (C=O) groups is 1. The molecule has 3 aliphatic rings. The molecule has 0 unspecified atom stereocenters. The van der Waals surface area contributed by atoms with Crippen molar-refractivity contribution in [3.8, 4) is 0 Å². The van der Waals surface area contributed by atoms with E-state index in [1.165, 1.54) is 12.8 Å². The lowest BCUT2D eigenvalue weighted by atomic mass is 9.84. The Morgan fingerprint density at radius 2 is 2.06 bits per heavy atom. The normalized spacial score (nSPS) is 27.9. The van der Waals surface area contributed by atoms with Crippen LogP contribution in [0.1, 0.15) is 19.3 Å². The quantitative estimate of drug-likeness (QED) is 0.729. The molecule has 16 heavy (non-hydrogen) atoms. The molecule has 0 atom stereocenters. The second-order valence-electron chi connectivity index (χ2n) is 5.04. The summed E-state index contributed by atoms with van der Waals surface area (Å²) in [6, 6.07) is 0. The molecule has 3 rings (SSSR count). The summed E-state index contributed by atoms with van der Waals surface area (Å²) in [6.07, 6.45) is 3.58. The molecule has 0 bridgehead atoms. The van der Waals surface area contributed by atoms with Crippen LogP contribution < -0.4 is 5.32 Å². The largest absolute Gasteiger partial charge is 0.371 e. The average Bonchev–Trinajstić information content (AvgIpc) is 2.12. The Morgan fingerprint density at radius 3 is 2.56 bits per heavy atom. The van der Waals surface area contributed by atoms with Crippen molar-refractivity contribution < 1.29 is 9.53 Å². The number of ether oxygens (including phenoxy) is 1. The van der Waals surface area contributed by atoms with Crippen LogP contribution in [0.15, 0.2) is 0 Å². The fourth-order valence-electron chi connectivity index (χ4n) is 2.69. The van der Waals surface area contributed by atoms with Crippen LogP contribution in [0.2, 0.25) is 0 Å². The molecule has 0 radical (unpaired) electrons. The van der Waals surface area contributed by atoms with Crippen LogP contribution >= 0.6 is 12.4 Å². The standard InChI is InChI=1S/C11H18N2O2.ClH/c14-10(9-5-12-6-9)13-7-11(8-13)3-1-2-4-15-11;/h9,12H,1-8H2;1H. The van der Waals surface area contributed by atoms with Crippen molar-refractivity contribution in [2.24, 2.45) is 5.92 Å². The Balaban J connectivity index is 0.000000963. The summed E-state index contributed by atoms with van der Waals surface area (Å²) in [7, 11) is 0. The number of likely N-dealkylation sites (tertiary alicyclic amines) is 1. The number of carbonyl (C=O) groups excluding carboxylic acids is 1. The molecule has 4 nitrogen and oxygen atoms in total. The van der Waals surface area contributed by atoms with Gasteiger partial charge in [-0.1, -0.05) is 0 Å². The summed E-state index contributed by atoms with van der Waals surface area (Å²) < 4.78 is 5.80. The summed E-state index contributed by atoms with van der Waals surface area (Å²) in [6.45, 7) is 4.28. The maximum absolute atomic E-state index is 11.9. The number of nitrogens with zero attached hydrogens (tertiary/aromatic N) is 1. The van der Waals surface area contributed by atoms with Crippen molar-refractivity contribution in [3.05, 3.63) is 0 Å². The second-order valence-corrected chi connectivity index (χ2v) is 5.04. The van der Waals surface area contributed by atoms with E-state index in [0.29, 0.717) is 5.91 Å². The maximum atomic E-state index is 11.9. The van der Waals surface area contributed by atoms with E-state index < -0.39 is 0 Å². The molecular weight excluding hydrogens is 228 g/mol. The maximum Gasteiger partial charge on any atom is 0.228 e. The molecule has 3 aliphatic heterocycles. The predicted molar refractivity (Wildman–Crippen MR) is 62.7 cm³/mol. The van der Waals surface area contributed by atoms with Gasteiger partial charge in [0, 0.05) is 19.7 Å². The lowest BCUT2D eigenvalue weighted by Crippen LogP contribution is -2.68. The van der Waals surface area contributed by atoms with Crippen LogP contribution in [0.4, 0.5) is 0 Å². The predicted octanol–water partition coefficient (Wildman–Crippen LogP) is 0.409. The van der Waals surface area contributed by atoms with Crippen LogP contribution in [0, 0.1) is 5.92 Å². The summed E-state index contributed by atoms with van der Waals surface area (Å²) in [5.41, 5.74) is 0.0467. The van der Waals surface area contributed by atoms with Crippen molar-refractivity contribution in [3.63, 3.8) is 0 Å². The summed E-state index contributed by atoms with van der Waals surface area (Å²) >= 11 is 0. The molecule has 0 aromatic carbocycles. The molecule has 3 fully saturated rings. The highest BCUT2D eigenvalue weighted by Crippen LogP contribution is 2.34. The van der Waals surface area contributed by atoms with Gasteiger partial charge in [-0.3, -0.25) is 4.79 Å². The van der Waals surface area contributed by atoms with Crippen LogP contribution in [0.25, 0.3) is 0 Å². The third kappa shape index (κ3) is 1.94. The lowest BCUT2D eigenvalue weighted by molar-refractivity contribution is -0.184. The Kier molecular flexibility index (Phi) is 3.42. The van der Waals surface area contributed by atoms with Gasteiger partial charge in [0.05, 0.1) is 19.0 Å². The van der Waals surface area contributed by atoms with Gasteiger partial charge in [-0.05, 0) is 19.3 Å². The molecule has 0 aromatic rings. The van der Waals surface area contributed by atoms with Crippen LogP contribution in [0.3, 0.4) is 0 Å². The Hall–Kier alpha value is -0.320. The molecule has 3 saturated heterocycles. The van der Waals surface area contributed by atoms with Gasteiger partial charge in [-0.15, -0.1) is 12.4 Å². The minimum Gasteiger partial charge on any atom is -0.371 e. The lowest BCUT2D eigenvalue weighted by Gasteiger charge is -2.52. The van der Waals surface area contributed by atoms with Gasteiger partial charge in [-0.25, -0.2) is 0 Å². The molecule has 1 N–H and O–H groups in total. The van der Waals surface area contributed by atoms with Gasteiger partial charge in [0.2, 0.25) is 5.91 Å². The molecule has 1 amide bonds. The molecule has 5 heteroatoms. The monoisotopic (exact) mass is 246 g/mol. The van der Waals surface area contributed by atoms with Crippen molar-refractivity contribution in [1.82, 2.24) is 10.2 Å². The van der Waals surface area contributed by atoms with Gasteiger partial charge < -0.3 is 15.0 Å². The average molecular weight is 247 g/mol. The number of hydrogen-bond acceptors (Lipinski definition) is 3. The second kappa shape index (κ2) is 4.51. The van der Waals surface area contributed by atoms with E-state index in [0.717, 1.165) is 39.2 Å². The summed E-state index contributed by atoms with van der Waals surface area (Å²) in [5, 5.41) is 3.14. The first-order chi connectivity index (χ1) is 7.29. The zero-order valence-corrected chi connectivity index (χ0v) is 10.2. The number of nitrogens with one attached hydrogen (secondary N) is 1. The molecule has 0 aromatic heterocycles. The van der Waals surface area contributed by atoms with E-state index in [2.05, 4.69) is 5.32 Å². The van der Waals surface area contributed by atoms with E-state index in [1.54, 1.807) is 0 Å². The highest BCUT2D eigenvalue weighted by Gasteiger charge is 2.48. The Bertz CT molecular complexity index is 267. The fourth-order valence-corrected chi connectivity index (χ4v) is 2.69. The fraction of sp³-hybridized carbons (Fsp3) is 0.909. The Labute approximate surface area is 102 Å². The zero-order chi connectivity index (χ0) is 10.3. The molecule has 0 saturated carbocycles. The van der Waals surface area contributed by atoms with Crippen molar-refractivity contribution in [1.29, 1.82) is 0 Å². The molecule has 3 heterocycles. The van der Waals surface area contributed by atoms with E-state index in [9.17, 15) is 4.79 Å². The highest BCUT2D eigenvalue weighted by molar-refractivity contribution is 5.85. The number of hydrogen-bond donors (Lipinski definition) is 1.